The summed E-state index contributed by atoms with van der Waals surface area (Å²) in [6, 6.07) is 43.8. The number of fused-ring (bicyclic) bond motifs is 6. The molecule has 1 aliphatic heterocycles. The van der Waals surface area contributed by atoms with Crippen LogP contribution in [0.3, 0.4) is 0 Å². The Labute approximate surface area is 202 Å². The van der Waals surface area contributed by atoms with Crippen molar-refractivity contribution in [3.63, 3.8) is 0 Å². The third kappa shape index (κ3) is 2.70. The maximum Gasteiger partial charge on any atom is 0.135 e. The Morgan fingerprint density at radius 3 is 2.03 bits per heavy atom. The van der Waals surface area contributed by atoms with E-state index in [0.717, 1.165) is 17.1 Å². The van der Waals surface area contributed by atoms with Gasteiger partial charge >= 0.3 is 0 Å². The van der Waals surface area contributed by atoms with Crippen LogP contribution in [0.2, 0.25) is 0 Å². The lowest BCUT2D eigenvalue weighted by Crippen LogP contribution is -1.97. The molecule has 7 aromatic rings. The Kier molecular flexibility index (Phi) is 3.72. The fourth-order valence-electron chi connectivity index (χ4n) is 5.75. The first kappa shape index (κ1) is 18.8. The van der Waals surface area contributed by atoms with E-state index in [1.54, 1.807) is 0 Å². The van der Waals surface area contributed by atoms with Gasteiger partial charge < -0.3 is 4.74 Å². The molecule has 0 saturated heterocycles. The number of para-hydroxylation sites is 1. The average molecular weight is 445 g/mol. The molecule has 0 N–H and O–H groups in total. The molecule has 162 valence electrons. The molecule has 0 bridgehead atoms. The van der Waals surface area contributed by atoms with Crippen LogP contribution in [-0.4, -0.2) is 0 Å². The molecule has 0 amide bonds. The number of hydrogen-bond donors (Lipinski definition) is 0. The zero-order valence-corrected chi connectivity index (χ0v) is 19.0. The molecule has 0 unspecified atom stereocenters. The van der Waals surface area contributed by atoms with Gasteiger partial charge in [0.15, 0.2) is 0 Å². The van der Waals surface area contributed by atoms with Crippen LogP contribution >= 0.6 is 0 Å². The maximum atomic E-state index is 6.29. The lowest BCUT2D eigenvalue weighted by molar-refractivity contribution is 0.487. The van der Waals surface area contributed by atoms with Crippen LogP contribution < -0.4 is 4.74 Å². The largest absolute Gasteiger partial charge is 0.456 e. The van der Waals surface area contributed by atoms with Crippen LogP contribution in [0.4, 0.5) is 0 Å². The third-order valence-electron chi connectivity index (χ3n) is 7.41. The van der Waals surface area contributed by atoms with Gasteiger partial charge in [0.05, 0.1) is 0 Å². The standard InChI is InChI=1S/C34H20O/c1-2-7-22-20-31-25(18-21(22)6-1)13-12-23-19-24(14-15-27(23)31)26-16-17-30-28-8-3-4-10-32(28)35-33-11-5-9-29(26)34(30)33/h1-20H. The number of benzene rings is 7. The Morgan fingerprint density at radius 2 is 1.11 bits per heavy atom. The van der Waals surface area contributed by atoms with Crippen molar-refractivity contribution in [2.24, 2.45) is 0 Å². The van der Waals surface area contributed by atoms with Crippen molar-refractivity contribution < 1.29 is 4.74 Å². The van der Waals surface area contributed by atoms with Gasteiger partial charge in [-0.25, -0.2) is 0 Å². The summed E-state index contributed by atoms with van der Waals surface area (Å²) in [4.78, 5) is 0. The van der Waals surface area contributed by atoms with Gasteiger partial charge in [0, 0.05) is 10.9 Å². The molecule has 0 saturated carbocycles. The van der Waals surface area contributed by atoms with E-state index < -0.39 is 0 Å². The van der Waals surface area contributed by atoms with Gasteiger partial charge in [-0.2, -0.15) is 0 Å². The summed E-state index contributed by atoms with van der Waals surface area (Å²) >= 11 is 0. The summed E-state index contributed by atoms with van der Waals surface area (Å²) in [6.07, 6.45) is 0. The molecule has 1 aliphatic rings. The summed E-state index contributed by atoms with van der Waals surface area (Å²) in [5, 5.41) is 10.1. The predicted octanol–water partition coefficient (Wildman–Crippen LogP) is 9.74. The zero-order valence-electron chi connectivity index (χ0n) is 19.0. The highest BCUT2D eigenvalue weighted by molar-refractivity contribution is 6.14. The maximum absolute atomic E-state index is 6.29. The second-order valence-corrected chi connectivity index (χ2v) is 9.36. The monoisotopic (exact) mass is 444 g/mol. The van der Waals surface area contributed by atoms with Gasteiger partial charge in [0.2, 0.25) is 0 Å². The van der Waals surface area contributed by atoms with Gasteiger partial charge in [-0.15, -0.1) is 0 Å². The van der Waals surface area contributed by atoms with E-state index in [1.165, 1.54) is 59.8 Å². The van der Waals surface area contributed by atoms with E-state index in [2.05, 4.69) is 109 Å². The van der Waals surface area contributed by atoms with Crippen LogP contribution in [0.5, 0.6) is 11.5 Å². The third-order valence-corrected chi connectivity index (χ3v) is 7.41. The molecular weight excluding hydrogens is 424 g/mol. The predicted molar refractivity (Wildman–Crippen MR) is 147 cm³/mol. The van der Waals surface area contributed by atoms with Crippen LogP contribution in [0.15, 0.2) is 121 Å². The normalized spacial score (nSPS) is 12.2. The van der Waals surface area contributed by atoms with E-state index in [0.29, 0.717) is 0 Å². The molecule has 1 heterocycles. The molecule has 1 nitrogen and oxygen atoms in total. The van der Waals surface area contributed by atoms with E-state index >= 15 is 0 Å². The minimum atomic E-state index is 0.922. The first-order valence-corrected chi connectivity index (χ1v) is 12.0. The van der Waals surface area contributed by atoms with E-state index in [-0.39, 0.29) is 0 Å². The summed E-state index contributed by atoms with van der Waals surface area (Å²) in [6.45, 7) is 0. The van der Waals surface area contributed by atoms with E-state index in [1.807, 2.05) is 12.1 Å². The highest BCUT2D eigenvalue weighted by atomic mass is 16.5. The Morgan fingerprint density at radius 1 is 0.371 bits per heavy atom. The zero-order chi connectivity index (χ0) is 22.9. The van der Waals surface area contributed by atoms with Crippen molar-refractivity contribution in [2.75, 3.05) is 0 Å². The highest BCUT2D eigenvalue weighted by Gasteiger charge is 2.21. The van der Waals surface area contributed by atoms with Gasteiger partial charge in [-0.1, -0.05) is 91.0 Å². The number of ether oxygens (including phenoxy) is 1. The van der Waals surface area contributed by atoms with Crippen LogP contribution in [0.25, 0.3) is 65.3 Å². The summed E-state index contributed by atoms with van der Waals surface area (Å²) in [5.41, 5.74) is 4.84. The number of rotatable bonds is 1. The van der Waals surface area contributed by atoms with Gasteiger partial charge in [-0.05, 0) is 84.7 Å². The first-order valence-electron chi connectivity index (χ1n) is 12.0. The molecule has 1 heteroatoms. The molecule has 0 atom stereocenters. The van der Waals surface area contributed by atoms with Gasteiger partial charge in [-0.3, -0.25) is 0 Å². The minimum Gasteiger partial charge on any atom is -0.456 e. The van der Waals surface area contributed by atoms with Crippen molar-refractivity contribution in [1.29, 1.82) is 0 Å². The lowest BCUT2D eigenvalue weighted by atomic mass is 9.89. The molecule has 35 heavy (non-hydrogen) atoms. The number of hydrogen-bond acceptors (Lipinski definition) is 1. The Hall–Kier alpha value is -4.62. The molecule has 0 aromatic heterocycles. The smallest absolute Gasteiger partial charge is 0.135 e. The van der Waals surface area contributed by atoms with Crippen molar-refractivity contribution in [3.8, 4) is 33.8 Å². The first-order chi connectivity index (χ1) is 17.3. The SMILES string of the molecule is c1ccc2c(c1)Oc1cccc3c(-c4ccc5c(ccc6cc7ccccc7cc65)c4)ccc-2c13. The molecule has 0 fully saturated rings. The molecule has 7 aromatic carbocycles. The van der Waals surface area contributed by atoms with Crippen molar-refractivity contribution in [3.05, 3.63) is 121 Å². The molecule has 8 rings (SSSR count). The summed E-state index contributed by atoms with van der Waals surface area (Å²) in [5.74, 6) is 1.85. The topological polar surface area (TPSA) is 9.23 Å². The molecular formula is C34H20O. The molecule has 0 radical (unpaired) electrons. The average Bonchev–Trinajstić information content (AvgIpc) is 2.92. The second-order valence-electron chi connectivity index (χ2n) is 9.36. The Bertz CT molecular complexity index is 1980. The van der Waals surface area contributed by atoms with Gasteiger partial charge in [0.25, 0.3) is 0 Å². The molecule has 0 spiro atoms. The van der Waals surface area contributed by atoms with E-state index in [9.17, 15) is 0 Å². The molecule has 0 aliphatic carbocycles. The lowest BCUT2D eigenvalue weighted by Gasteiger charge is -2.22. The minimum absolute atomic E-state index is 0.922. The second kappa shape index (κ2) is 6.94. The summed E-state index contributed by atoms with van der Waals surface area (Å²) in [7, 11) is 0. The quantitative estimate of drug-likeness (QED) is 0.181. The van der Waals surface area contributed by atoms with E-state index in [4.69, 9.17) is 4.74 Å². The van der Waals surface area contributed by atoms with Crippen molar-refractivity contribution >= 4 is 43.1 Å². The van der Waals surface area contributed by atoms with Crippen LogP contribution in [0.1, 0.15) is 0 Å². The highest BCUT2D eigenvalue weighted by Crippen LogP contribution is 2.48. The van der Waals surface area contributed by atoms with Crippen LogP contribution in [-0.2, 0) is 0 Å². The fourth-order valence-corrected chi connectivity index (χ4v) is 5.75. The summed E-state index contributed by atoms with van der Waals surface area (Å²) < 4.78 is 6.29. The van der Waals surface area contributed by atoms with Gasteiger partial charge in [0.1, 0.15) is 11.5 Å². The van der Waals surface area contributed by atoms with Crippen molar-refractivity contribution in [1.82, 2.24) is 0 Å². The fraction of sp³-hybridized carbons (Fsp3) is 0. The van der Waals surface area contributed by atoms with Crippen LogP contribution in [0, 0.1) is 0 Å². The van der Waals surface area contributed by atoms with Crippen molar-refractivity contribution in [2.45, 2.75) is 0 Å². The Balaban J connectivity index is 1.36.